The first-order valence-corrected chi connectivity index (χ1v) is 7.84. The van der Waals surface area contributed by atoms with E-state index in [0.29, 0.717) is 23.5 Å². The molecule has 22 heavy (non-hydrogen) atoms. The maximum absolute atomic E-state index is 14.0. The zero-order valence-electron chi connectivity index (χ0n) is 12.2. The van der Waals surface area contributed by atoms with Gasteiger partial charge in [-0.1, -0.05) is 6.07 Å². The van der Waals surface area contributed by atoms with E-state index >= 15 is 0 Å². The van der Waals surface area contributed by atoms with Crippen molar-refractivity contribution in [1.82, 2.24) is 5.48 Å². The molecular formula is C16H16FIN2O2. The molecule has 116 valence electrons. The molecule has 0 heterocycles. The van der Waals surface area contributed by atoms with Crippen LogP contribution < -0.4 is 10.8 Å². The number of hydroxylamine groups is 1. The first-order valence-electron chi connectivity index (χ1n) is 6.76. The molecule has 2 aromatic carbocycles. The second kappa shape index (κ2) is 7.55. The number of carbonyl (C=O) groups is 1. The number of aryl methyl sites for hydroxylation is 1. The maximum Gasteiger partial charge on any atom is 0.276 e. The van der Waals surface area contributed by atoms with Crippen molar-refractivity contribution < 1.29 is 14.0 Å². The summed E-state index contributed by atoms with van der Waals surface area (Å²) in [6.07, 6.45) is 0. The Balaban J connectivity index is 2.32. The Bertz CT molecular complexity index is 692. The molecule has 0 saturated heterocycles. The van der Waals surface area contributed by atoms with Crippen molar-refractivity contribution in [2.45, 2.75) is 13.8 Å². The molecule has 1 amide bonds. The van der Waals surface area contributed by atoms with Crippen LogP contribution in [0.25, 0.3) is 0 Å². The van der Waals surface area contributed by atoms with Crippen molar-refractivity contribution >= 4 is 39.9 Å². The van der Waals surface area contributed by atoms with E-state index < -0.39 is 0 Å². The van der Waals surface area contributed by atoms with Gasteiger partial charge in [-0.3, -0.25) is 9.63 Å². The van der Waals surface area contributed by atoms with Gasteiger partial charge >= 0.3 is 0 Å². The van der Waals surface area contributed by atoms with Crippen LogP contribution in [-0.4, -0.2) is 12.5 Å². The summed E-state index contributed by atoms with van der Waals surface area (Å²) in [5.41, 5.74) is 4.53. The fraction of sp³-hybridized carbons (Fsp3) is 0.188. The normalized spacial score (nSPS) is 10.4. The van der Waals surface area contributed by atoms with Gasteiger partial charge < -0.3 is 5.32 Å². The quantitative estimate of drug-likeness (QED) is 0.571. The summed E-state index contributed by atoms with van der Waals surface area (Å²) in [6.45, 7) is 4.04. The third-order valence-corrected chi connectivity index (χ3v) is 3.60. The molecule has 2 aromatic rings. The molecule has 0 aliphatic rings. The number of carbonyl (C=O) groups excluding carboxylic acids is 1. The largest absolute Gasteiger partial charge is 0.352 e. The van der Waals surface area contributed by atoms with Crippen molar-refractivity contribution in [2.24, 2.45) is 0 Å². The summed E-state index contributed by atoms with van der Waals surface area (Å²) in [5.74, 6) is -0.750. The molecule has 0 saturated carbocycles. The van der Waals surface area contributed by atoms with Crippen molar-refractivity contribution in [3.05, 3.63) is 56.9 Å². The highest BCUT2D eigenvalue weighted by Gasteiger charge is 2.13. The van der Waals surface area contributed by atoms with E-state index in [1.807, 2.05) is 35.6 Å². The number of rotatable bonds is 5. The van der Waals surface area contributed by atoms with E-state index in [9.17, 15) is 9.18 Å². The molecule has 4 nitrogen and oxygen atoms in total. The lowest BCUT2D eigenvalue weighted by Gasteiger charge is -2.13. The predicted molar refractivity (Wildman–Crippen MR) is 92.7 cm³/mol. The summed E-state index contributed by atoms with van der Waals surface area (Å²) < 4.78 is 14.8. The van der Waals surface area contributed by atoms with Crippen LogP contribution in [0.5, 0.6) is 0 Å². The minimum absolute atomic E-state index is 0.316. The van der Waals surface area contributed by atoms with E-state index in [2.05, 4.69) is 10.8 Å². The first kappa shape index (κ1) is 16.7. The molecule has 2 N–H and O–H groups in total. The standard InChI is InChI=1S/C16H16FIN2O2/c1-3-22-20-16(21)12-6-4-10(2)8-15(12)19-14-7-5-11(18)9-13(14)17/h4-9,19H,3H2,1-2H3,(H,20,21). The molecule has 0 bridgehead atoms. The summed E-state index contributed by atoms with van der Waals surface area (Å²) in [7, 11) is 0. The van der Waals surface area contributed by atoms with Gasteiger partial charge in [0.25, 0.3) is 5.91 Å². The molecular weight excluding hydrogens is 398 g/mol. The van der Waals surface area contributed by atoms with Gasteiger partial charge in [0.2, 0.25) is 0 Å². The number of nitrogens with one attached hydrogen (secondary N) is 2. The van der Waals surface area contributed by atoms with Crippen molar-refractivity contribution in [3.63, 3.8) is 0 Å². The van der Waals surface area contributed by atoms with Gasteiger partial charge in [0.1, 0.15) is 5.82 Å². The molecule has 0 fully saturated rings. The number of amides is 1. The summed E-state index contributed by atoms with van der Waals surface area (Å²) in [4.78, 5) is 17.0. The number of hydrogen-bond donors (Lipinski definition) is 2. The number of anilines is 2. The van der Waals surface area contributed by atoms with Crippen LogP contribution in [0.4, 0.5) is 15.8 Å². The van der Waals surface area contributed by atoms with Crippen LogP contribution in [0.1, 0.15) is 22.8 Å². The smallest absolute Gasteiger partial charge is 0.276 e. The van der Waals surface area contributed by atoms with Crippen LogP contribution in [-0.2, 0) is 4.84 Å². The summed E-state index contributed by atoms with van der Waals surface area (Å²) in [5, 5.41) is 2.97. The zero-order chi connectivity index (χ0) is 16.1. The van der Waals surface area contributed by atoms with Crippen LogP contribution in [0.2, 0.25) is 0 Å². The van der Waals surface area contributed by atoms with Crippen LogP contribution >= 0.6 is 22.6 Å². The van der Waals surface area contributed by atoms with E-state index in [0.717, 1.165) is 9.13 Å². The lowest BCUT2D eigenvalue weighted by atomic mass is 10.1. The molecule has 0 unspecified atom stereocenters. The molecule has 0 spiro atoms. The van der Waals surface area contributed by atoms with Gasteiger partial charge in [-0.25, -0.2) is 9.87 Å². The van der Waals surface area contributed by atoms with Crippen molar-refractivity contribution in [2.75, 3.05) is 11.9 Å². The highest BCUT2D eigenvalue weighted by molar-refractivity contribution is 14.1. The average Bonchev–Trinajstić information content (AvgIpc) is 2.48. The number of benzene rings is 2. The van der Waals surface area contributed by atoms with Crippen molar-refractivity contribution in [3.8, 4) is 0 Å². The minimum atomic E-state index is -0.379. The molecule has 0 aliphatic heterocycles. The van der Waals surface area contributed by atoms with E-state index in [1.54, 1.807) is 31.2 Å². The molecule has 0 atom stereocenters. The third-order valence-electron chi connectivity index (χ3n) is 2.93. The van der Waals surface area contributed by atoms with Crippen LogP contribution in [0.15, 0.2) is 36.4 Å². The molecule has 6 heteroatoms. The van der Waals surface area contributed by atoms with E-state index in [-0.39, 0.29) is 11.7 Å². The maximum atomic E-state index is 14.0. The number of hydrogen-bond acceptors (Lipinski definition) is 3. The van der Waals surface area contributed by atoms with Gasteiger partial charge in [0.15, 0.2) is 0 Å². The van der Waals surface area contributed by atoms with Gasteiger partial charge in [-0.2, -0.15) is 0 Å². The Kier molecular flexibility index (Phi) is 5.73. The van der Waals surface area contributed by atoms with Crippen LogP contribution in [0.3, 0.4) is 0 Å². The fourth-order valence-electron chi connectivity index (χ4n) is 1.89. The van der Waals surface area contributed by atoms with Gasteiger partial charge in [0, 0.05) is 3.57 Å². The highest BCUT2D eigenvalue weighted by atomic mass is 127. The molecule has 0 aromatic heterocycles. The lowest BCUT2D eigenvalue weighted by Crippen LogP contribution is -2.24. The highest BCUT2D eigenvalue weighted by Crippen LogP contribution is 2.25. The summed E-state index contributed by atoms with van der Waals surface area (Å²) in [6, 6.07) is 10.1. The first-order chi connectivity index (χ1) is 10.5. The predicted octanol–water partition coefficient (Wildman–Crippen LogP) is 4.16. The van der Waals surface area contributed by atoms with E-state index in [1.165, 1.54) is 6.07 Å². The molecule has 0 aliphatic carbocycles. The van der Waals surface area contributed by atoms with Crippen LogP contribution in [0, 0.1) is 16.3 Å². The Morgan fingerprint density at radius 2 is 2.00 bits per heavy atom. The minimum Gasteiger partial charge on any atom is -0.352 e. The van der Waals surface area contributed by atoms with Gasteiger partial charge in [0.05, 0.1) is 23.5 Å². The second-order valence-corrected chi connectivity index (χ2v) is 5.91. The second-order valence-electron chi connectivity index (χ2n) is 4.66. The topological polar surface area (TPSA) is 50.4 Å². The third kappa shape index (κ3) is 4.17. The Morgan fingerprint density at radius 3 is 2.68 bits per heavy atom. The average molecular weight is 414 g/mol. The Morgan fingerprint density at radius 1 is 1.23 bits per heavy atom. The Hall–Kier alpha value is -1.67. The van der Waals surface area contributed by atoms with Gasteiger partial charge in [-0.15, -0.1) is 0 Å². The molecule has 2 rings (SSSR count). The SMILES string of the molecule is CCONC(=O)c1ccc(C)cc1Nc1ccc(I)cc1F. The summed E-state index contributed by atoms with van der Waals surface area (Å²) >= 11 is 2.04. The van der Waals surface area contributed by atoms with Gasteiger partial charge in [-0.05, 0) is 72.3 Å². The zero-order valence-corrected chi connectivity index (χ0v) is 14.4. The fourth-order valence-corrected chi connectivity index (χ4v) is 2.34. The number of halogens is 2. The van der Waals surface area contributed by atoms with Crippen molar-refractivity contribution in [1.29, 1.82) is 0 Å². The lowest BCUT2D eigenvalue weighted by molar-refractivity contribution is 0.0365. The van der Waals surface area contributed by atoms with E-state index in [4.69, 9.17) is 4.84 Å². The molecule has 0 radical (unpaired) electrons. The Labute approximate surface area is 142 Å². The monoisotopic (exact) mass is 414 g/mol.